The Bertz CT molecular complexity index is 244. The number of nitrogens with two attached hydrogens (primary N) is 2. The normalized spacial score (nSPS) is 12.9. The van der Waals surface area contributed by atoms with Crippen molar-refractivity contribution in [2.75, 3.05) is 11.5 Å². The average Bonchev–Trinajstić information content (AvgIpc) is 1.85. The van der Waals surface area contributed by atoms with Crippen LogP contribution in [0, 0.1) is 0 Å². The van der Waals surface area contributed by atoms with Crippen molar-refractivity contribution in [1.82, 2.24) is 15.0 Å². The van der Waals surface area contributed by atoms with E-state index in [1.54, 1.807) is 0 Å². The lowest BCUT2D eigenvalue weighted by atomic mass is 10.6. The molecule has 1 aromatic heterocycles. The molecule has 0 spiro atoms. The summed E-state index contributed by atoms with van der Waals surface area (Å²) in [5.41, 5.74) is 8.46. The van der Waals surface area contributed by atoms with Gasteiger partial charge in [-0.15, -0.1) is 0 Å². The molecule has 0 saturated carbocycles. The fourth-order valence-corrected chi connectivity index (χ4v) is 0.622. The van der Waals surface area contributed by atoms with Gasteiger partial charge in [0.2, 0.25) is 17.5 Å². The van der Waals surface area contributed by atoms with E-state index in [1.807, 2.05) is 0 Å². The van der Waals surface area contributed by atoms with Gasteiger partial charge in [-0.05, 0) is 0 Å². The van der Waals surface area contributed by atoms with E-state index < -0.39 is 5.63 Å². The van der Waals surface area contributed by atoms with E-state index in [2.05, 4.69) is 15.0 Å². The van der Waals surface area contributed by atoms with Gasteiger partial charge in [0.25, 0.3) is 0 Å². The Morgan fingerprint density at radius 2 is 1.64 bits per heavy atom. The number of nitrogens with zero attached hydrogens (tertiary/aromatic N) is 3. The second-order valence-corrected chi connectivity index (χ2v) is 2.09. The van der Waals surface area contributed by atoms with Gasteiger partial charge >= 0.3 is 0 Å². The van der Waals surface area contributed by atoms with Crippen molar-refractivity contribution in [3.8, 4) is 0 Å². The van der Waals surface area contributed by atoms with Crippen LogP contribution in [0.5, 0.6) is 0 Å². The van der Waals surface area contributed by atoms with Crippen molar-refractivity contribution in [2.24, 2.45) is 0 Å². The minimum absolute atomic E-state index is 0.143. The van der Waals surface area contributed by atoms with Crippen LogP contribution in [0.3, 0.4) is 0 Å². The fourth-order valence-electron chi connectivity index (χ4n) is 0.525. The molecule has 4 N–H and O–H groups in total. The molecule has 1 unspecified atom stereocenters. The Morgan fingerprint density at radius 1 is 1.18 bits per heavy atom. The summed E-state index contributed by atoms with van der Waals surface area (Å²) >= 11 is 5.02. The Morgan fingerprint density at radius 3 is 2.00 bits per heavy atom. The van der Waals surface area contributed by atoms with Crippen molar-refractivity contribution in [3.05, 3.63) is 5.82 Å². The van der Waals surface area contributed by atoms with Crippen LogP contribution in [0.2, 0.25) is 0 Å². The molecule has 1 aromatic rings. The molecule has 0 aliphatic rings. The number of hydrogen-bond acceptors (Lipinski definition) is 5. The van der Waals surface area contributed by atoms with Gasteiger partial charge in [-0.25, -0.2) is 4.39 Å². The minimum atomic E-state index is -1.80. The van der Waals surface area contributed by atoms with E-state index in [-0.39, 0.29) is 17.7 Å². The second-order valence-electron chi connectivity index (χ2n) is 1.71. The molecule has 0 fully saturated rings. The molecule has 0 radical (unpaired) electrons. The predicted octanol–water partition coefficient (Wildman–Crippen LogP) is 0.243. The highest BCUT2D eigenvalue weighted by molar-refractivity contribution is 6.19. The topological polar surface area (TPSA) is 90.7 Å². The van der Waals surface area contributed by atoms with Gasteiger partial charge in [-0.1, -0.05) is 11.6 Å². The maximum Gasteiger partial charge on any atom is 0.232 e. The Kier molecular flexibility index (Phi) is 2.04. The van der Waals surface area contributed by atoms with Crippen LogP contribution in [0.25, 0.3) is 0 Å². The number of alkyl halides is 2. The Hall–Kier alpha value is -1.17. The molecule has 11 heavy (non-hydrogen) atoms. The third kappa shape index (κ3) is 1.87. The van der Waals surface area contributed by atoms with Crippen LogP contribution < -0.4 is 11.5 Å². The first-order valence-electron chi connectivity index (χ1n) is 2.64. The van der Waals surface area contributed by atoms with Crippen molar-refractivity contribution in [2.45, 2.75) is 5.63 Å². The lowest BCUT2D eigenvalue weighted by molar-refractivity contribution is 0.441. The molecule has 0 saturated heterocycles. The number of nitrogen functional groups attached to an aromatic ring is 2. The summed E-state index contributed by atoms with van der Waals surface area (Å²) in [6.45, 7) is 0. The maximum absolute atomic E-state index is 12.3. The highest BCUT2D eigenvalue weighted by Gasteiger charge is 2.10. The van der Waals surface area contributed by atoms with E-state index in [4.69, 9.17) is 23.1 Å². The van der Waals surface area contributed by atoms with Crippen molar-refractivity contribution < 1.29 is 4.39 Å². The molecule has 60 valence electrons. The molecule has 0 aliphatic heterocycles. The van der Waals surface area contributed by atoms with Gasteiger partial charge in [0.15, 0.2) is 5.82 Å². The molecule has 0 aliphatic carbocycles. The molecule has 7 heteroatoms. The zero-order valence-electron chi connectivity index (χ0n) is 5.33. The van der Waals surface area contributed by atoms with Crippen LogP contribution in [0.15, 0.2) is 0 Å². The standard InChI is InChI=1S/C4H5ClFN5/c5-1(6)2-9-3(7)11-4(8)10-2/h1H,(H4,7,8,9,10,11). The number of halogens is 2. The van der Waals surface area contributed by atoms with Crippen LogP contribution >= 0.6 is 11.6 Å². The lowest BCUT2D eigenvalue weighted by Gasteiger charge is -1.99. The fraction of sp³-hybridized carbons (Fsp3) is 0.250. The molecule has 0 amide bonds. The largest absolute Gasteiger partial charge is 0.368 e. The molecule has 1 rings (SSSR count). The molecule has 1 atom stereocenters. The van der Waals surface area contributed by atoms with Gasteiger partial charge in [-0.3, -0.25) is 0 Å². The maximum atomic E-state index is 12.3. The summed E-state index contributed by atoms with van der Waals surface area (Å²) in [7, 11) is 0. The van der Waals surface area contributed by atoms with Gasteiger partial charge in [0, 0.05) is 0 Å². The third-order valence-electron chi connectivity index (χ3n) is 0.882. The highest BCUT2D eigenvalue weighted by Crippen LogP contribution is 2.17. The van der Waals surface area contributed by atoms with Gasteiger partial charge in [-0.2, -0.15) is 15.0 Å². The summed E-state index contributed by atoms with van der Waals surface area (Å²) in [6.07, 6.45) is 0. The average molecular weight is 178 g/mol. The molecule has 1 heterocycles. The monoisotopic (exact) mass is 177 g/mol. The summed E-state index contributed by atoms with van der Waals surface area (Å²) in [5, 5.41) is 0. The van der Waals surface area contributed by atoms with Crippen LogP contribution in [-0.4, -0.2) is 15.0 Å². The van der Waals surface area contributed by atoms with E-state index >= 15 is 0 Å². The number of aromatic nitrogens is 3. The lowest BCUT2D eigenvalue weighted by Crippen LogP contribution is -2.06. The zero-order chi connectivity index (χ0) is 8.43. The van der Waals surface area contributed by atoms with Gasteiger partial charge in [0.1, 0.15) is 0 Å². The smallest absolute Gasteiger partial charge is 0.232 e. The van der Waals surface area contributed by atoms with Crippen LogP contribution in [-0.2, 0) is 0 Å². The molecule has 0 aromatic carbocycles. The first kappa shape index (κ1) is 7.93. The number of hydrogen-bond donors (Lipinski definition) is 2. The zero-order valence-corrected chi connectivity index (χ0v) is 6.09. The molecular weight excluding hydrogens is 173 g/mol. The summed E-state index contributed by atoms with van der Waals surface area (Å²) in [5.74, 6) is -0.553. The first-order valence-corrected chi connectivity index (χ1v) is 3.08. The van der Waals surface area contributed by atoms with E-state index in [0.29, 0.717) is 0 Å². The summed E-state index contributed by atoms with van der Waals surface area (Å²) in [4.78, 5) is 10.2. The quantitative estimate of drug-likeness (QED) is 0.600. The van der Waals surface area contributed by atoms with Crippen LogP contribution in [0.4, 0.5) is 16.3 Å². The molecular formula is C4H5ClFN5. The Labute approximate surface area is 66.6 Å². The van der Waals surface area contributed by atoms with Crippen molar-refractivity contribution in [3.63, 3.8) is 0 Å². The second kappa shape index (κ2) is 2.83. The Balaban J connectivity index is 3.08. The van der Waals surface area contributed by atoms with E-state index in [0.717, 1.165) is 0 Å². The van der Waals surface area contributed by atoms with E-state index in [9.17, 15) is 4.39 Å². The van der Waals surface area contributed by atoms with Gasteiger partial charge in [0.05, 0.1) is 0 Å². The highest BCUT2D eigenvalue weighted by atomic mass is 35.5. The number of anilines is 2. The molecule has 5 nitrogen and oxygen atoms in total. The van der Waals surface area contributed by atoms with E-state index in [1.165, 1.54) is 0 Å². The number of rotatable bonds is 1. The van der Waals surface area contributed by atoms with Crippen molar-refractivity contribution >= 4 is 23.5 Å². The van der Waals surface area contributed by atoms with Crippen molar-refractivity contribution in [1.29, 1.82) is 0 Å². The van der Waals surface area contributed by atoms with Gasteiger partial charge < -0.3 is 11.5 Å². The predicted molar refractivity (Wildman–Crippen MR) is 38.4 cm³/mol. The SMILES string of the molecule is Nc1nc(N)nc(C(F)Cl)n1. The third-order valence-corrected chi connectivity index (χ3v) is 1.08. The first-order chi connectivity index (χ1) is 5.09. The molecule has 0 bridgehead atoms. The summed E-state index contributed by atoms with van der Waals surface area (Å²) < 4.78 is 12.3. The minimum Gasteiger partial charge on any atom is -0.368 e. The van der Waals surface area contributed by atoms with Crippen LogP contribution in [0.1, 0.15) is 11.5 Å². The summed E-state index contributed by atoms with van der Waals surface area (Å²) in [6, 6.07) is 0.